The molecular formula is C15H23NO. The van der Waals surface area contributed by atoms with Gasteiger partial charge in [-0.25, -0.2) is 0 Å². The first-order valence-electron chi connectivity index (χ1n) is 6.79. The summed E-state index contributed by atoms with van der Waals surface area (Å²) < 4.78 is 0. The van der Waals surface area contributed by atoms with Gasteiger partial charge in [-0.15, -0.1) is 0 Å². The monoisotopic (exact) mass is 233 g/mol. The van der Waals surface area contributed by atoms with E-state index in [1.54, 1.807) is 0 Å². The largest absolute Gasteiger partial charge is 0.393 e. The third kappa shape index (κ3) is 4.49. The fraction of sp³-hybridized carbons (Fsp3) is 0.600. The van der Waals surface area contributed by atoms with E-state index in [4.69, 9.17) is 0 Å². The summed E-state index contributed by atoms with van der Waals surface area (Å²) in [6.45, 7) is 3.44. The van der Waals surface area contributed by atoms with Crippen LogP contribution in [-0.2, 0) is 6.42 Å². The van der Waals surface area contributed by atoms with Crippen molar-refractivity contribution in [1.82, 2.24) is 4.90 Å². The zero-order valence-corrected chi connectivity index (χ0v) is 10.5. The van der Waals surface area contributed by atoms with Crippen LogP contribution in [0.3, 0.4) is 0 Å². The minimum atomic E-state index is -0.0497. The molecule has 0 aliphatic carbocycles. The summed E-state index contributed by atoms with van der Waals surface area (Å²) in [6, 6.07) is 10.7. The number of hydrogen-bond acceptors (Lipinski definition) is 2. The molecule has 94 valence electrons. The molecule has 1 heterocycles. The third-order valence-electron chi connectivity index (χ3n) is 3.58. The topological polar surface area (TPSA) is 23.5 Å². The molecule has 1 aliphatic heterocycles. The number of aliphatic hydroxyl groups excluding tert-OH is 1. The molecular weight excluding hydrogens is 210 g/mol. The van der Waals surface area contributed by atoms with Crippen LogP contribution in [0.5, 0.6) is 0 Å². The summed E-state index contributed by atoms with van der Waals surface area (Å²) in [5, 5.41) is 9.59. The molecule has 0 saturated carbocycles. The lowest BCUT2D eigenvalue weighted by atomic mass is 10.0. The van der Waals surface area contributed by atoms with Gasteiger partial charge in [-0.3, -0.25) is 0 Å². The maximum absolute atomic E-state index is 9.59. The Kier molecular flexibility index (Phi) is 5.02. The first-order valence-corrected chi connectivity index (χ1v) is 6.79. The standard InChI is InChI=1S/C15H23NO/c17-15-8-4-11-16(12-5-9-15)13-10-14-6-2-1-3-7-14/h1-3,6-7,15,17H,4-5,8-13H2. The Balaban J connectivity index is 1.75. The van der Waals surface area contributed by atoms with Gasteiger partial charge in [-0.1, -0.05) is 30.3 Å². The first kappa shape index (κ1) is 12.6. The second kappa shape index (κ2) is 6.77. The number of likely N-dealkylation sites (tertiary alicyclic amines) is 1. The van der Waals surface area contributed by atoms with Crippen LogP contribution in [-0.4, -0.2) is 35.7 Å². The normalized spacial score (nSPS) is 19.8. The lowest BCUT2D eigenvalue weighted by Crippen LogP contribution is -2.31. The van der Waals surface area contributed by atoms with Crippen LogP contribution in [0.1, 0.15) is 31.2 Å². The van der Waals surface area contributed by atoms with E-state index in [0.29, 0.717) is 0 Å². The summed E-state index contributed by atoms with van der Waals surface area (Å²) in [4.78, 5) is 2.54. The smallest absolute Gasteiger partial charge is 0.0541 e. The van der Waals surface area contributed by atoms with Gasteiger partial charge in [-0.05, 0) is 50.8 Å². The van der Waals surface area contributed by atoms with Gasteiger partial charge in [0, 0.05) is 6.54 Å². The van der Waals surface area contributed by atoms with Gasteiger partial charge < -0.3 is 10.0 Å². The summed E-state index contributed by atoms with van der Waals surface area (Å²) in [6.07, 6.45) is 5.31. The van der Waals surface area contributed by atoms with Crippen molar-refractivity contribution < 1.29 is 5.11 Å². The lowest BCUT2D eigenvalue weighted by molar-refractivity contribution is 0.121. The molecule has 0 unspecified atom stereocenters. The Morgan fingerprint density at radius 2 is 1.71 bits per heavy atom. The van der Waals surface area contributed by atoms with Crippen molar-refractivity contribution >= 4 is 0 Å². The average molecular weight is 233 g/mol. The molecule has 0 radical (unpaired) electrons. The summed E-state index contributed by atoms with van der Waals surface area (Å²) >= 11 is 0. The molecule has 2 heteroatoms. The van der Waals surface area contributed by atoms with Crippen LogP contribution in [0.2, 0.25) is 0 Å². The predicted octanol–water partition coefficient (Wildman–Crippen LogP) is 2.47. The predicted molar refractivity (Wildman–Crippen MR) is 71.1 cm³/mol. The highest BCUT2D eigenvalue weighted by Crippen LogP contribution is 2.12. The second-order valence-electron chi connectivity index (χ2n) is 5.02. The van der Waals surface area contributed by atoms with E-state index in [1.807, 2.05) is 0 Å². The van der Waals surface area contributed by atoms with Gasteiger partial charge in [0.25, 0.3) is 0 Å². The minimum Gasteiger partial charge on any atom is -0.393 e. The van der Waals surface area contributed by atoms with Crippen LogP contribution in [0.15, 0.2) is 30.3 Å². The molecule has 17 heavy (non-hydrogen) atoms. The van der Waals surface area contributed by atoms with Gasteiger partial charge in [0.1, 0.15) is 0 Å². The SMILES string of the molecule is OC1CCCN(CCc2ccccc2)CCC1. The summed E-state index contributed by atoms with van der Waals surface area (Å²) in [7, 11) is 0. The molecule has 1 fully saturated rings. The fourth-order valence-corrected chi connectivity index (χ4v) is 2.51. The van der Waals surface area contributed by atoms with Gasteiger partial charge in [0.15, 0.2) is 0 Å². The molecule has 1 aromatic rings. The van der Waals surface area contributed by atoms with E-state index in [0.717, 1.165) is 51.7 Å². The van der Waals surface area contributed by atoms with Crippen LogP contribution in [0.25, 0.3) is 0 Å². The molecule has 0 atom stereocenters. The van der Waals surface area contributed by atoms with Crippen LogP contribution in [0, 0.1) is 0 Å². The van der Waals surface area contributed by atoms with E-state index in [9.17, 15) is 5.11 Å². The van der Waals surface area contributed by atoms with Crippen molar-refractivity contribution in [2.45, 2.75) is 38.2 Å². The Hall–Kier alpha value is -0.860. The Morgan fingerprint density at radius 1 is 1.06 bits per heavy atom. The molecule has 0 amide bonds. The van der Waals surface area contributed by atoms with E-state index in [-0.39, 0.29) is 6.10 Å². The molecule has 1 saturated heterocycles. The molecule has 1 aliphatic rings. The average Bonchev–Trinajstić information content (AvgIpc) is 2.33. The van der Waals surface area contributed by atoms with E-state index < -0.39 is 0 Å². The van der Waals surface area contributed by atoms with Crippen molar-refractivity contribution in [1.29, 1.82) is 0 Å². The van der Waals surface area contributed by atoms with Crippen LogP contribution >= 0.6 is 0 Å². The third-order valence-corrected chi connectivity index (χ3v) is 3.58. The maximum Gasteiger partial charge on any atom is 0.0541 e. The lowest BCUT2D eigenvalue weighted by Gasteiger charge is -2.26. The van der Waals surface area contributed by atoms with E-state index in [1.165, 1.54) is 5.56 Å². The molecule has 0 aromatic heterocycles. The molecule has 2 rings (SSSR count). The molecule has 2 nitrogen and oxygen atoms in total. The maximum atomic E-state index is 9.59. The quantitative estimate of drug-likeness (QED) is 0.867. The Bertz CT molecular complexity index is 302. The van der Waals surface area contributed by atoms with Gasteiger partial charge in [0.05, 0.1) is 6.10 Å². The van der Waals surface area contributed by atoms with Crippen LogP contribution < -0.4 is 0 Å². The van der Waals surface area contributed by atoms with Crippen molar-refractivity contribution in [3.63, 3.8) is 0 Å². The molecule has 0 bridgehead atoms. The van der Waals surface area contributed by atoms with E-state index >= 15 is 0 Å². The zero-order valence-electron chi connectivity index (χ0n) is 10.5. The summed E-state index contributed by atoms with van der Waals surface area (Å²) in [5.74, 6) is 0. The van der Waals surface area contributed by atoms with Crippen molar-refractivity contribution in [3.8, 4) is 0 Å². The number of nitrogens with zero attached hydrogens (tertiary/aromatic N) is 1. The molecule has 0 spiro atoms. The Labute approximate surface area is 104 Å². The van der Waals surface area contributed by atoms with Crippen molar-refractivity contribution in [3.05, 3.63) is 35.9 Å². The number of rotatable bonds is 3. The summed E-state index contributed by atoms with van der Waals surface area (Å²) in [5.41, 5.74) is 1.43. The highest BCUT2D eigenvalue weighted by Gasteiger charge is 2.12. The highest BCUT2D eigenvalue weighted by atomic mass is 16.3. The minimum absolute atomic E-state index is 0.0497. The molecule has 1 aromatic carbocycles. The Morgan fingerprint density at radius 3 is 2.35 bits per heavy atom. The van der Waals surface area contributed by atoms with Crippen molar-refractivity contribution in [2.24, 2.45) is 0 Å². The van der Waals surface area contributed by atoms with Gasteiger partial charge >= 0.3 is 0 Å². The molecule has 1 N–H and O–H groups in total. The number of benzene rings is 1. The zero-order chi connectivity index (χ0) is 11.9. The van der Waals surface area contributed by atoms with Crippen LogP contribution in [0.4, 0.5) is 0 Å². The highest BCUT2D eigenvalue weighted by molar-refractivity contribution is 5.14. The van der Waals surface area contributed by atoms with E-state index in [2.05, 4.69) is 35.2 Å². The first-order chi connectivity index (χ1) is 8.34. The fourth-order valence-electron chi connectivity index (χ4n) is 2.51. The second-order valence-corrected chi connectivity index (χ2v) is 5.02. The van der Waals surface area contributed by atoms with Gasteiger partial charge in [0.2, 0.25) is 0 Å². The van der Waals surface area contributed by atoms with Crippen molar-refractivity contribution in [2.75, 3.05) is 19.6 Å². The van der Waals surface area contributed by atoms with Gasteiger partial charge in [-0.2, -0.15) is 0 Å². The number of hydrogen-bond donors (Lipinski definition) is 1. The number of aliphatic hydroxyl groups is 1.